The van der Waals surface area contributed by atoms with E-state index in [9.17, 15) is 0 Å². The first-order chi connectivity index (χ1) is 5.75. The quantitative estimate of drug-likeness (QED) is 0.569. The van der Waals surface area contributed by atoms with Crippen molar-refractivity contribution in [1.82, 2.24) is 10.2 Å². The topological polar surface area (TPSA) is 15.3 Å². The Bertz CT molecular complexity index is 214. The van der Waals surface area contributed by atoms with Crippen LogP contribution in [0.25, 0.3) is 0 Å². The number of hydrogen-bond donors (Lipinski definition) is 1. The normalized spacial score (nSPS) is 58.0. The lowest BCUT2D eigenvalue weighted by Crippen LogP contribution is -2.85. The first-order valence-corrected chi connectivity index (χ1v) is 5.23. The second-order valence-corrected chi connectivity index (χ2v) is 4.95. The predicted molar refractivity (Wildman–Crippen MR) is 49.0 cm³/mol. The standard InChI is InChI=1S/C10H18N2/c1-7-5-10-8(2)6-12(10)4-3-11-9(7)10/h7-9,11H,3-6H2,1-2H3. The van der Waals surface area contributed by atoms with Crippen molar-refractivity contribution in [2.24, 2.45) is 11.8 Å². The molecule has 12 heavy (non-hydrogen) atoms. The molecule has 0 aromatic rings. The average molecular weight is 166 g/mol. The Kier molecular flexibility index (Phi) is 1.25. The summed E-state index contributed by atoms with van der Waals surface area (Å²) >= 11 is 0. The summed E-state index contributed by atoms with van der Waals surface area (Å²) in [6.45, 7) is 8.65. The summed E-state index contributed by atoms with van der Waals surface area (Å²) in [5.74, 6) is 1.85. The van der Waals surface area contributed by atoms with E-state index in [0.29, 0.717) is 5.54 Å². The van der Waals surface area contributed by atoms with E-state index in [0.717, 1.165) is 17.9 Å². The summed E-state index contributed by atoms with van der Waals surface area (Å²) < 4.78 is 0. The highest BCUT2D eigenvalue weighted by Gasteiger charge is 2.64. The molecule has 0 aromatic carbocycles. The lowest BCUT2D eigenvalue weighted by Gasteiger charge is -2.72. The van der Waals surface area contributed by atoms with Gasteiger partial charge in [-0.2, -0.15) is 0 Å². The number of hydrogen-bond acceptors (Lipinski definition) is 2. The van der Waals surface area contributed by atoms with Gasteiger partial charge in [-0.25, -0.2) is 0 Å². The molecule has 3 fully saturated rings. The molecule has 0 amide bonds. The molecular weight excluding hydrogens is 148 g/mol. The molecule has 3 rings (SSSR count). The lowest BCUT2D eigenvalue weighted by atomic mass is 9.52. The first-order valence-electron chi connectivity index (χ1n) is 5.23. The van der Waals surface area contributed by atoms with Crippen LogP contribution < -0.4 is 5.32 Å². The first kappa shape index (κ1) is 7.34. The van der Waals surface area contributed by atoms with Crippen LogP contribution in [0.1, 0.15) is 20.3 Å². The molecule has 1 spiro atoms. The Morgan fingerprint density at radius 2 is 2.25 bits per heavy atom. The van der Waals surface area contributed by atoms with Crippen LogP contribution in [-0.2, 0) is 0 Å². The monoisotopic (exact) mass is 166 g/mol. The van der Waals surface area contributed by atoms with Crippen LogP contribution in [-0.4, -0.2) is 36.1 Å². The molecule has 1 N–H and O–H groups in total. The molecule has 2 nitrogen and oxygen atoms in total. The van der Waals surface area contributed by atoms with Crippen LogP contribution in [0.5, 0.6) is 0 Å². The minimum Gasteiger partial charge on any atom is -0.311 e. The van der Waals surface area contributed by atoms with E-state index >= 15 is 0 Å². The molecule has 68 valence electrons. The van der Waals surface area contributed by atoms with Crippen LogP contribution in [0.4, 0.5) is 0 Å². The van der Waals surface area contributed by atoms with E-state index < -0.39 is 0 Å². The van der Waals surface area contributed by atoms with Gasteiger partial charge >= 0.3 is 0 Å². The third kappa shape index (κ3) is 0.579. The maximum Gasteiger partial charge on any atom is 0.0406 e. The van der Waals surface area contributed by atoms with Crippen LogP contribution in [0.15, 0.2) is 0 Å². The molecular formula is C10H18N2. The highest BCUT2D eigenvalue weighted by atomic mass is 15.4. The molecule has 4 unspecified atom stereocenters. The van der Waals surface area contributed by atoms with Gasteiger partial charge in [0.05, 0.1) is 0 Å². The Morgan fingerprint density at radius 3 is 2.83 bits per heavy atom. The predicted octanol–water partition coefficient (Wildman–Crippen LogP) is 0.688. The highest BCUT2D eigenvalue weighted by molar-refractivity contribution is 5.22. The molecule has 0 aromatic heterocycles. The molecule has 3 aliphatic rings. The van der Waals surface area contributed by atoms with Gasteiger partial charge in [0.1, 0.15) is 0 Å². The van der Waals surface area contributed by atoms with Crippen molar-refractivity contribution in [2.45, 2.75) is 31.8 Å². The van der Waals surface area contributed by atoms with E-state index in [1.165, 1.54) is 26.1 Å². The van der Waals surface area contributed by atoms with Crippen molar-refractivity contribution in [3.8, 4) is 0 Å². The molecule has 2 aliphatic heterocycles. The Morgan fingerprint density at radius 1 is 1.42 bits per heavy atom. The van der Waals surface area contributed by atoms with E-state index in [4.69, 9.17) is 0 Å². The SMILES string of the molecule is CC1CC23C(C)CN2CCNC13. The van der Waals surface area contributed by atoms with Crippen LogP contribution >= 0.6 is 0 Å². The minimum atomic E-state index is 0.609. The molecule has 1 saturated carbocycles. The third-order valence-corrected chi connectivity index (χ3v) is 4.44. The van der Waals surface area contributed by atoms with Gasteiger partial charge in [0.2, 0.25) is 0 Å². The van der Waals surface area contributed by atoms with Gasteiger partial charge in [-0.05, 0) is 18.3 Å². The lowest BCUT2D eigenvalue weighted by molar-refractivity contribution is -0.191. The van der Waals surface area contributed by atoms with Gasteiger partial charge in [-0.3, -0.25) is 4.90 Å². The van der Waals surface area contributed by atoms with Crippen molar-refractivity contribution >= 4 is 0 Å². The zero-order valence-electron chi connectivity index (χ0n) is 8.01. The molecule has 2 heteroatoms. The Labute approximate surface area is 74.3 Å². The van der Waals surface area contributed by atoms with Crippen LogP contribution in [0.3, 0.4) is 0 Å². The summed E-state index contributed by atoms with van der Waals surface area (Å²) in [5.41, 5.74) is 0.609. The highest BCUT2D eigenvalue weighted by Crippen LogP contribution is 2.54. The van der Waals surface area contributed by atoms with E-state index in [1.54, 1.807) is 0 Å². The van der Waals surface area contributed by atoms with Gasteiger partial charge in [0.25, 0.3) is 0 Å². The zero-order chi connectivity index (χ0) is 8.34. The number of nitrogens with zero attached hydrogens (tertiary/aromatic N) is 1. The van der Waals surface area contributed by atoms with Crippen molar-refractivity contribution in [1.29, 1.82) is 0 Å². The summed E-state index contributed by atoms with van der Waals surface area (Å²) in [6.07, 6.45) is 1.44. The molecule has 4 atom stereocenters. The summed E-state index contributed by atoms with van der Waals surface area (Å²) in [5, 5.41) is 3.68. The van der Waals surface area contributed by atoms with Gasteiger partial charge in [0.15, 0.2) is 0 Å². The van der Waals surface area contributed by atoms with Crippen LogP contribution in [0.2, 0.25) is 0 Å². The molecule has 0 radical (unpaired) electrons. The van der Waals surface area contributed by atoms with Gasteiger partial charge in [0, 0.05) is 31.2 Å². The fourth-order valence-electron chi connectivity index (χ4n) is 3.82. The Hall–Kier alpha value is -0.0800. The fourth-order valence-corrected chi connectivity index (χ4v) is 3.82. The van der Waals surface area contributed by atoms with Crippen LogP contribution in [0, 0.1) is 11.8 Å². The summed E-state index contributed by atoms with van der Waals surface area (Å²) in [7, 11) is 0. The molecule has 2 heterocycles. The van der Waals surface area contributed by atoms with Gasteiger partial charge < -0.3 is 5.32 Å². The largest absolute Gasteiger partial charge is 0.311 e. The molecule has 2 saturated heterocycles. The minimum absolute atomic E-state index is 0.609. The van der Waals surface area contributed by atoms with E-state index in [1.807, 2.05) is 0 Å². The summed E-state index contributed by atoms with van der Waals surface area (Å²) in [4.78, 5) is 2.71. The van der Waals surface area contributed by atoms with Gasteiger partial charge in [-0.15, -0.1) is 0 Å². The maximum absolute atomic E-state index is 3.68. The zero-order valence-corrected chi connectivity index (χ0v) is 8.01. The molecule has 0 bridgehead atoms. The smallest absolute Gasteiger partial charge is 0.0406 e. The fraction of sp³-hybridized carbons (Fsp3) is 1.00. The van der Waals surface area contributed by atoms with E-state index in [-0.39, 0.29) is 0 Å². The second kappa shape index (κ2) is 2.05. The summed E-state index contributed by atoms with van der Waals surface area (Å²) in [6, 6.07) is 0.815. The number of rotatable bonds is 0. The second-order valence-electron chi connectivity index (χ2n) is 4.95. The Balaban J connectivity index is 1.88. The molecule has 1 aliphatic carbocycles. The van der Waals surface area contributed by atoms with Crippen molar-refractivity contribution in [2.75, 3.05) is 19.6 Å². The maximum atomic E-state index is 3.68. The third-order valence-electron chi connectivity index (χ3n) is 4.44. The van der Waals surface area contributed by atoms with Gasteiger partial charge in [-0.1, -0.05) is 13.8 Å². The van der Waals surface area contributed by atoms with Crippen molar-refractivity contribution in [3.63, 3.8) is 0 Å². The van der Waals surface area contributed by atoms with Crippen molar-refractivity contribution < 1.29 is 0 Å². The number of piperazine rings is 1. The van der Waals surface area contributed by atoms with Crippen molar-refractivity contribution in [3.05, 3.63) is 0 Å². The number of nitrogens with one attached hydrogen (secondary N) is 1. The average Bonchev–Trinajstić information content (AvgIpc) is 2.04. The van der Waals surface area contributed by atoms with E-state index in [2.05, 4.69) is 24.1 Å².